The Bertz CT molecular complexity index is 167. The van der Waals surface area contributed by atoms with Gasteiger partial charge in [0.2, 0.25) is 0 Å². The molecule has 3 heteroatoms. The molecule has 0 aromatic rings. The lowest BCUT2D eigenvalue weighted by atomic mass is 10.1. The molecule has 0 atom stereocenters. The molecule has 0 unspecified atom stereocenters. The first-order valence-electron chi connectivity index (χ1n) is 6.43. The maximum Gasteiger partial charge on any atom is 0.305 e. The molecule has 0 aliphatic heterocycles. The summed E-state index contributed by atoms with van der Waals surface area (Å²) in [7, 11) is 0. The summed E-state index contributed by atoms with van der Waals surface area (Å²) in [6.07, 6.45) is 6.38. The Morgan fingerprint density at radius 1 is 1.12 bits per heavy atom. The van der Waals surface area contributed by atoms with Crippen molar-refractivity contribution in [3.63, 3.8) is 0 Å². The molecule has 0 bridgehead atoms. The van der Waals surface area contributed by atoms with E-state index in [2.05, 4.69) is 13.8 Å². The monoisotopic (exact) mass is 230 g/mol. The molecule has 0 aromatic carbocycles. The molecule has 0 aliphatic carbocycles. The minimum atomic E-state index is -0.0668. The summed E-state index contributed by atoms with van der Waals surface area (Å²) in [4.78, 5) is 11.3. The molecule has 1 N–H and O–H groups in total. The van der Waals surface area contributed by atoms with Gasteiger partial charge in [0.15, 0.2) is 0 Å². The van der Waals surface area contributed by atoms with Gasteiger partial charge in [0.1, 0.15) is 0 Å². The average Bonchev–Trinajstić information content (AvgIpc) is 2.22. The molecule has 0 aliphatic rings. The highest BCUT2D eigenvalue weighted by atomic mass is 16.5. The highest BCUT2D eigenvalue weighted by Crippen LogP contribution is 2.07. The average molecular weight is 230 g/mol. The smallest absolute Gasteiger partial charge is 0.305 e. The van der Waals surface area contributed by atoms with E-state index < -0.39 is 0 Å². The van der Waals surface area contributed by atoms with Gasteiger partial charge in [-0.25, -0.2) is 0 Å². The van der Waals surface area contributed by atoms with Crippen molar-refractivity contribution in [3.8, 4) is 0 Å². The quantitative estimate of drug-likeness (QED) is 0.463. The van der Waals surface area contributed by atoms with Crippen molar-refractivity contribution >= 4 is 5.97 Å². The lowest BCUT2D eigenvalue weighted by Gasteiger charge is -2.06. The van der Waals surface area contributed by atoms with Crippen molar-refractivity contribution in [1.29, 1.82) is 0 Å². The summed E-state index contributed by atoms with van der Waals surface area (Å²) in [5, 5.41) is 8.57. The van der Waals surface area contributed by atoms with E-state index in [0.29, 0.717) is 18.9 Å². The number of aliphatic hydroxyl groups excluding tert-OH is 1. The van der Waals surface area contributed by atoms with Crippen LogP contribution in [0.15, 0.2) is 0 Å². The van der Waals surface area contributed by atoms with E-state index >= 15 is 0 Å². The number of carbonyl (C=O) groups excluding carboxylic acids is 1. The molecule has 0 amide bonds. The molecule has 0 radical (unpaired) electrons. The normalized spacial score (nSPS) is 10.8. The standard InChI is InChI=1S/C13H26O3/c1-12(2)8-7-9-13(15)16-11-6-4-3-5-10-14/h12,14H,3-11H2,1-2H3. The van der Waals surface area contributed by atoms with Gasteiger partial charge in [-0.15, -0.1) is 0 Å². The Kier molecular flexibility index (Phi) is 10.5. The molecular weight excluding hydrogens is 204 g/mol. The minimum Gasteiger partial charge on any atom is -0.466 e. The summed E-state index contributed by atoms with van der Waals surface area (Å²) in [5.41, 5.74) is 0. The molecule has 0 heterocycles. The summed E-state index contributed by atoms with van der Waals surface area (Å²) in [6, 6.07) is 0. The molecule has 0 fully saturated rings. The van der Waals surface area contributed by atoms with E-state index in [1.54, 1.807) is 0 Å². The van der Waals surface area contributed by atoms with Crippen LogP contribution >= 0.6 is 0 Å². The van der Waals surface area contributed by atoms with Gasteiger partial charge in [0.05, 0.1) is 6.61 Å². The van der Waals surface area contributed by atoms with Crippen LogP contribution < -0.4 is 0 Å². The van der Waals surface area contributed by atoms with Crippen molar-refractivity contribution in [2.24, 2.45) is 5.92 Å². The van der Waals surface area contributed by atoms with E-state index in [1.807, 2.05) is 0 Å². The van der Waals surface area contributed by atoms with E-state index in [0.717, 1.165) is 38.5 Å². The predicted octanol–water partition coefficient (Wildman–Crippen LogP) is 2.91. The second-order valence-corrected chi connectivity index (χ2v) is 4.64. The summed E-state index contributed by atoms with van der Waals surface area (Å²) < 4.78 is 5.10. The zero-order chi connectivity index (χ0) is 12.2. The molecule has 0 rings (SSSR count). The van der Waals surface area contributed by atoms with Crippen molar-refractivity contribution in [1.82, 2.24) is 0 Å². The lowest BCUT2D eigenvalue weighted by Crippen LogP contribution is -2.06. The van der Waals surface area contributed by atoms with Crippen LogP contribution in [0.2, 0.25) is 0 Å². The van der Waals surface area contributed by atoms with Gasteiger partial charge < -0.3 is 9.84 Å². The summed E-state index contributed by atoms with van der Waals surface area (Å²) >= 11 is 0. The molecule has 0 spiro atoms. The van der Waals surface area contributed by atoms with Gasteiger partial charge in [-0.2, -0.15) is 0 Å². The van der Waals surface area contributed by atoms with E-state index in [1.165, 1.54) is 0 Å². The van der Waals surface area contributed by atoms with E-state index in [4.69, 9.17) is 9.84 Å². The topological polar surface area (TPSA) is 46.5 Å². The molecular formula is C13H26O3. The van der Waals surface area contributed by atoms with Crippen LogP contribution in [0.5, 0.6) is 0 Å². The van der Waals surface area contributed by atoms with E-state index in [9.17, 15) is 4.79 Å². The Morgan fingerprint density at radius 2 is 1.81 bits per heavy atom. The van der Waals surface area contributed by atoms with Gasteiger partial charge in [-0.3, -0.25) is 4.79 Å². The van der Waals surface area contributed by atoms with Crippen LogP contribution in [0.4, 0.5) is 0 Å². The Labute approximate surface area is 99.2 Å². The second kappa shape index (κ2) is 10.9. The van der Waals surface area contributed by atoms with Crippen LogP contribution in [0.3, 0.4) is 0 Å². The van der Waals surface area contributed by atoms with Crippen molar-refractivity contribution in [2.75, 3.05) is 13.2 Å². The molecule has 0 saturated heterocycles. The number of rotatable bonds is 10. The third kappa shape index (κ3) is 11.5. The predicted molar refractivity (Wildman–Crippen MR) is 65.2 cm³/mol. The van der Waals surface area contributed by atoms with Crippen LogP contribution in [-0.2, 0) is 9.53 Å². The van der Waals surface area contributed by atoms with E-state index in [-0.39, 0.29) is 12.6 Å². The number of hydrogen-bond donors (Lipinski definition) is 1. The second-order valence-electron chi connectivity index (χ2n) is 4.64. The highest BCUT2D eigenvalue weighted by Gasteiger charge is 2.03. The number of hydrogen-bond acceptors (Lipinski definition) is 3. The SMILES string of the molecule is CC(C)CCCC(=O)OCCCCCCO. The molecule has 16 heavy (non-hydrogen) atoms. The summed E-state index contributed by atoms with van der Waals surface area (Å²) in [6.45, 7) is 5.11. The fourth-order valence-corrected chi connectivity index (χ4v) is 1.48. The van der Waals surface area contributed by atoms with Crippen molar-refractivity contribution in [2.45, 2.75) is 58.8 Å². The zero-order valence-corrected chi connectivity index (χ0v) is 10.7. The van der Waals surface area contributed by atoms with Crippen LogP contribution in [-0.4, -0.2) is 24.3 Å². The molecule has 0 saturated carbocycles. The third-order valence-corrected chi connectivity index (χ3v) is 2.48. The van der Waals surface area contributed by atoms with Gasteiger partial charge in [0, 0.05) is 13.0 Å². The highest BCUT2D eigenvalue weighted by molar-refractivity contribution is 5.69. The fourth-order valence-electron chi connectivity index (χ4n) is 1.48. The largest absolute Gasteiger partial charge is 0.466 e. The van der Waals surface area contributed by atoms with Crippen LogP contribution in [0, 0.1) is 5.92 Å². The maximum atomic E-state index is 11.3. The van der Waals surface area contributed by atoms with Crippen LogP contribution in [0.1, 0.15) is 58.8 Å². The number of aliphatic hydroxyl groups is 1. The zero-order valence-electron chi connectivity index (χ0n) is 10.7. The molecule has 3 nitrogen and oxygen atoms in total. The van der Waals surface area contributed by atoms with Gasteiger partial charge >= 0.3 is 5.97 Å². The summed E-state index contributed by atoms with van der Waals surface area (Å²) in [5.74, 6) is 0.592. The first-order valence-corrected chi connectivity index (χ1v) is 6.43. The molecule has 0 aromatic heterocycles. The van der Waals surface area contributed by atoms with Crippen molar-refractivity contribution in [3.05, 3.63) is 0 Å². The Morgan fingerprint density at radius 3 is 2.44 bits per heavy atom. The number of unbranched alkanes of at least 4 members (excludes halogenated alkanes) is 3. The lowest BCUT2D eigenvalue weighted by molar-refractivity contribution is -0.143. The third-order valence-electron chi connectivity index (χ3n) is 2.48. The number of ether oxygens (including phenoxy) is 1. The maximum absolute atomic E-state index is 11.3. The number of esters is 1. The first-order chi connectivity index (χ1) is 7.66. The van der Waals surface area contributed by atoms with Crippen LogP contribution in [0.25, 0.3) is 0 Å². The Hall–Kier alpha value is -0.570. The minimum absolute atomic E-state index is 0.0668. The van der Waals surface area contributed by atoms with Gasteiger partial charge in [-0.05, 0) is 31.6 Å². The Balaban J connectivity index is 3.17. The number of carbonyl (C=O) groups is 1. The first kappa shape index (κ1) is 15.4. The van der Waals surface area contributed by atoms with Crippen molar-refractivity contribution < 1.29 is 14.6 Å². The van der Waals surface area contributed by atoms with Gasteiger partial charge in [0.25, 0.3) is 0 Å². The molecule has 96 valence electrons. The van der Waals surface area contributed by atoms with Gasteiger partial charge in [-0.1, -0.05) is 26.7 Å². The fraction of sp³-hybridized carbons (Fsp3) is 0.923.